The molecule has 0 saturated carbocycles. The molecule has 106 valence electrons. The number of hydrogen-bond acceptors (Lipinski definition) is 7. The maximum absolute atomic E-state index is 9.87. The summed E-state index contributed by atoms with van der Waals surface area (Å²) in [6.45, 7) is -0.427. The third-order valence-corrected chi connectivity index (χ3v) is 4.15. The van der Waals surface area contributed by atoms with Crippen molar-refractivity contribution in [3.63, 3.8) is 0 Å². The molecule has 0 aliphatic carbocycles. The molecular weight excluding hydrogens is 270 g/mol. The highest BCUT2D eigenvalue weighted by molar-refractivity contribution is 7.99. The van der Waals surface area contributed by atoms with Crippen molar-refractivity contribution in [1.82, 2.24) is 0 Å². The van der Waals surface area contributed by atoms with Gasteiger partial charge in [-0.25, -0.2) is 0 Å². The summed E-state index contributed by atoms with van der Waals surface area (Å²) in [5, 5.41) is 38.3. The number of benzene rings is 1. The number of thioether (sulfide) groups is 1. The predicted octanol–water partition coefficient (Wildman–Crippen LogP) is -0.839. The fraction of sp³-hybridized carbons (Fsp3) is 0.500. The lowest BCUT2D eigenvalue weighted by molar-refractivity contribution is -0.205. The molecule has 0 bridgehead atoms. The summed E-state index contributed by atoms with van der Waals surface area (Å²) in [7, 11) is 0. The van der Waals surface area contributed by atoms with Crippen LogP contribution >= 0.6 is 11.8 Å². The molecule has 1 aliphatic rings. The Morgan fingerprint density at radius 3 is 2.26 bits per heavy atom. The van der Waals surface area contributed by atoms with Crippen molar-refractivity contribution in [3.8, 4) is 0 Å². The predicted molar refractivity (Wildman–Crippen MR) is 70.5 cm³/mol. The molecule has 2 rings (SSSR count). The molecule has 1 heterocycles. The van der Waals surface area contributed by atoms with Crippen LogP contribution in [0, 0.1) is 0 Å². The number of rotatable bonds is 3. The first kappa shape index (κ1) is 14.6. The third kappa shape index (κ3) is 3.19. The van der Waals surface area contributed by atoms with E-state index >= 15 is 0 Å². The lowest BCUT2D eigenvalue weighted by Gasteiger charge is -2.39. The van der Waals surface area contributed by atoms with Gasteiger partial charge < -0.3 is 30.9 Å². The van der Waals surface area contributed by atoms with Crippen LogP contribution in [0.25, 0.3) is 0 Å². The Balaban J connectivity index is 2.08. The van der Waals surface area contributed by atoms with Gasteiger partial charge in [0.1, 0.15) is 29.9 Å². The van der Waals surface area contributed by atoms with Crippen LogP contribution in [0.2, 0.25) is 0 Å². The molecule has 7 heteroatoms. The number of aliphatic hydroxyl groups excluding tert-OH is 4. The molecule has 0 spiro atoms. The van der Waals surface area contributed by atoms with E-state index in [-0.39, 0.29) is 0 Å². The third-order valence-electron chi connectivity index (χ3n) is 2.98. The molecule has 5 atom stereocenters. The largest absolute Gasteiger partial charge is 0.399 e. The SMILES string of the molecule is Nc1ccc(S[C@@H]2O[C@@H](CO)[C@H](O)[C@@H](O)[C@@H]2O)cc1. The number of aliphatic hydroxyl groups is 4. The molecule has 1 aliphatic heterocycles. The maximum Gasteiger partial charge on any atom is 0.136 e. The summed E-state index contributed by atoms with van der Waals surface area (Å²) in [6.07, 6.45) is -4.80. The average molecular weight is 287 g/mol. The van der Waals surface area contributed by atoms with Gasteiger partial charge >= 0.3 is 0 Å². The molecule has 19 heavy (non-hydrogen) atoms. The van der Waals surface area contributed by atoms with E-state index in [1.807, 2.05) is 0 Å². The molecule has 0 aromatic heterocycles. The summed E-state index contributed by atoms with van der Waals surface area (Å²) in [5.74, 6) is 0. The van der Waals surface area contributed by atoms with Crippen LogP contribution in [-0.2, 0) is 4.74 Å². The maximum atomic E-state index is 9.87. The topological polar surface area (TPSA) is 116 Å². The Morgan fingerprint density at radius 1 is 1.05 bits per heavy atom. The van der Waals surface area contributed by atoms with Crippen LogP contribution in [0.15, 0.2) is 29.2 Å². The second-order valence-electron chi connectivity index (χ2n) is 4.38. The lowest BCUT2D eigenvalue weighted by Crippen LogP contribution is -2.57. The smallest absolute Gasteiger partial charge is 0.136 e. The van der Waals surface area contributed by atoms with Crippen molar-refractivity contribution in [2.24, 2.45) is 0 Å². The molecule has 1 fully saturated rings. The molecular formula is C12H17NO5S. The van der Waals surface area contributed by atoms with Crippen LogP contribution < -0.4 is 5.73 Å². The second kappa shape index (κ2) is 6.08. The highest BCUT2D eigenvalue weighted by Gasteiger charge is 2.43. The van der Waals surface area contributed by atoms with Crippen molar-refractivity contribution in [2.45, 2.75) is 34.7 Å². The van der Waals surface area contributed by atoms with E-state index in [2.05, 4.69) is 0 Å². The van der Waals surface area contributed by atoms with Crippen LogP contribution in [-0.4, -0.2) is 56.9 Å². The lowest BCUT2D eigenvalue weighted by atomic mass is 10.0. The van der Waals surface area contributed by atoms with Gasteiger partial charge in [-0.1, -0.05) is 11.8 Å². The Hall–Kier alpha value is -0.830. The molecule has 6 nitrogen and oxygen atoms in total. The van der Waals surface area contributed by atoms with Gasteiger partial charge in [0, 0.05) is 10.6 Å². The number of nitrogen functional groups attached to an aromatic ring is 1. The molecule has 0 amide bonds. The first-order valence-electron chi connectivity index (χ1n) is 5.85. The number of anilines is 1. The minimum absolute atomic E-state index is 0.427. The van der Waals surface area contributed by atoms with E-state index in [0.717, 1.165) is 4.90 Å². The summed E-state index contributed by atoms with van der Waals surface area (Å²) in [6, 6.07) is 6.96. The van der Waals surface area contributed by atoms with Gasteiger partial charge in [-0.05, 0) is 24.3 Å². The zero-order valence-electron chi connectivity index (χ0n) is 10.1. The van der Waals surface area contributed by atoms with E-state index in [4.69, 9.17) is 15.6 Å². The Kier molecular flexibility index (Phi) is 4.67. The van der Waals surface area contributed by atoms with Crippen LogP contribution in [0.3, 0.4) is 0 Å². The van der Waals surface area contributed by atoms with Gasteiger partial charge in [-0.15, -0.1) is 0 Å². The number of hydrogen-bond donors (Lipinski definition) is 5. The first-order valence-corrected chi connectivity index (χ1v) is 6.73. The van der Waals surface area contributed by atoms with Crippen molar-refractivity contribution in [2.75, 3.05) is 12.3 Å². The molecule has 0 unspecified atom stereocenters. The summed E-state index contributed by atoms with van der Waals surface area (Å²) in [5.41, 5.74) is 5.43. The van der Waals surface area contributed by atoms with Crippen LogP contribution in [0.5, 0.6) is 0 Å². The van der Waals surface area contributed by atoms with Crippen molar-refractivity contribution in [3.05, 3.63) is 24.3 Å². The molecule has 1 saturated heterocycles. The van der Waals surface area contributed by atoms with Gasteiger partial charge in [0.15, 0.2) is 0 Å². The Morgan fingerprint density at radius 2 is 1.68 bits per heavy atom. The molecule has 0 radical (unpaired) electrons. The van der Waals surface area contributed by atoms with E-state index in [1.165, 1.54) is 11.8 Å². The summed E-state index contributed by atoms with van der Waals surface area (Å²) < 4.78 is 5.39. The van der Waals surface area contributed by atoms with Gasteiger partial charge in [0.25, 0.3) is 0 Å². The first-order chi connectivity index (χ1) is 9.02. The van der Waals surface area contributed by atoms with Gasteiger partial charge in [0.2, 0.25) is 0 Å². The summed E-state index contributed by atoms with van der Waals surface area (Å²) >= 11 is 1.20. The standard InChI is InChI=1S/C12H17NO5S/c13-6-1-3-7(4-2-6)19-12-11(17)10(16)9(15)8(5-14)18-12/h1-4,8-12,14-17H,5,13H2/t8-,9-,10+,11-,12-/m0/s1. The normalized spacial score (nSPS) is 35.3. The van der Waals surface area contributed by atoms with Crippen molar-refractivity contribution < 1.29 is 25.2 Å². The zero-order valence-corrected chi connectivity index (χ0v) is 10.9. The van der Waals surface area contributed by atoms with E-state index in [1.54, 1.807) is 24.3 Å². The number of ether oxygens (including phenoxy) is 1. The second-order valence-corrected chi connectivity index (χ2v) is 5.56. The fourth-order valence-corrected chi connectivity index (χ4v) is 2.91. The number of nitrogens with two attached hydrogens (primary N) is 1. The highest BCUT2D eigenvalue weighted by atomic mass is 32.2. The van der Waals surface area contributed by atoms with Gasteiger partial charge in [-0.2, -0.15) is 0 Å². The fourth-order valence-electron chi connectivity index (χ4n) is 1.85. The van der Waals surface area contributed by atoms with Crippen LogP contribution in [0.1, 0.15) is 0 Å². The van der Waals surface area contributed by atoms with Crippen molar-refractivity contribution in [1.29, 1.82) is 0 Å². The Labute approximate surface area is 114 Å². The Bertz CT molecular complexity index is 413. The average Bonchev–Trinajstić information content (AvgIpc) is 2.42. The quantitative estimate of drug-likeness (QED) is 0.460. The van der Waals surface area contributed by atoms with E-state index in [0.29, 0.717) is 5.69 Å². The zero-order chi connectivity index (χ0) is 14.0. The van der Waals surface area contributed by atoms with Gasteiger partial charge in [0.05, 0.1) is 6.61 Å². The van der Waals surface area contributed by atoms with E-state index < -0.39 is 36.5 Å². The van der Waals surface area contributed by atoms with E-state index in [9.17, 15) is 15.3 Å². The summed E-state index contributed by atoms with van der Waals surface area (Å²) in [4.78, 5) is 0.804. The molecule has 1 aromatic rings. The minimum Gasteiger partial charge on any atom is -0.399 e. The van der Waals surface area contributed by atoms with Crippen molar-refractivity contribution >= 4 is 17.4 Å². The monoisotopic (exact) mass is 287 g/mol. The van der Waals surface area contributed by atoms with Gasteiger partial charge in [-0.3, -0.25) is 0 Å². The molecule has 6 N–H and O–H groups in total. The highest BCUT2D eigenvalue weighted by Crippen LogP contribution is 2.33. The van der Waals surface area contributed by atoms with Crippen LogP contribution in [0.4, 0.5) is 5.69 Å². The molecule has 1 aromatic carbocycles. The minimum atomic E-state index is -1.35.